The molecule has 18 heavy (non-hydrogen) atoms. The van der Waals surface area contributed by atoms with Crippen molar-refractivity contribution in [2.45, 2.75) is 40.7 Å². The lowest BCUT2D eigenvalue weighted by Gasteiger charge is -2.30. The number of carbonyl (C=O) groups excluding carboxylic acids is 2. The molecule has 1 aliphatic carbocycles. The van der Waals surface area contributed by atoms with Gasteiger partial charge in [-0.15, -0.1) is 0 Å². The predicted molar refractivity (Wildman–Crippen MR) is 71.0 cm³/mol. The molecule has 1 atom stereocenters. The lowest BCUT2D eigenvalue weighted by molar-refractivity contribution is -0.139. The van der Waals surface area contributed by atoms with E-state index in [0.717, 1.165) is 17.4 Å². The molecule has 0 bridgehead atoms. The molecule has 1 rings (SSSR count). The van der Waals surface area contributed by atoms with E-state index >= 15 is 0 Å². The van der Waals surface area contributed by atoms with Gasteiger partial charge in [0.25, 0.3) is 0 Å². The van der Waals surface area contributed by atoms with E-state index in [2.05, 4.69) is 0 Å². The van der Waals surface area contributed by atoms with E-state index < -0.39 is 12.1 Å². The lowest BCUT2D eigenvalue weighted by atomic mass is 9.77. The van der Waals surface area contributed by atoms with Crippen molar-refractivity contribution in [1.29, 1.82) is 0 Å². The number of hydrogen-bond acceptors (Lipinski definition) is 3. The summed E-state index contributed by atoms with van der Waals surface area (Å²) in [5.41, 5.74) is 2.18. The van der Waals surface area contributed by atoms with Crippen LogP contribution >= 0.6 is 0 Å². The molecule has 0 saturated heterocycles. The van der Waals surface area contributed by atoms with Crippen LogP contribution in [0.3, 0.4) is 0 Å². The third-order valence-corrected chi connectivity index (χ3v) is 3.17. The first kappa shape index (κ1) is 14.4. The van der Waals surface area contributed by atoms with E-state index in [0.29, 0.717) is 5.57 Å². The summed E-state index contributed by atoms with van der Waals surface area (Å²) in [4.78, 5) is 22.8. The van der Waals surface area contributed by atoms with E-state index in [1.165, 1.54) is 6.08 Å². The molecule has 0 saturated carbocycles. The molecule has 3 nitrogen and oxygen atoms in total. The Labute approximate surface area is 108 Å². The fourth-order valence-corrected chi connectivity index (χ4v) is 1.80. The first-order valence-electron chi connectivity index (χ1n) is 5.99. The minimum Gasteiger partial charge on any atom is -0.450 e. The summed E-state index contributed by atoms with van der Waals surface area (Å²) in [7, 11) is 0. The molecule has 0 aromatic heterocycles. The molecule has 1 unspecified atom stereocenters. The number of allylic oxidation sites excluding steroid dienone is 3. The highest BCUT2D eigenvalue weighted by Crippen LogP contribution is 2.35. The zero-order valence-electron chi connectivity index (χ0n) is 11.6. The van der Waals surface area contributed by atoms with E-state index in [-0.39, 0.29) is 5.41 Å². The lowest BCUT2D eigenvalue weighted by Crippen LogP contribution is -2.27. The highest BCUT2D eigenvalue weighted by atomic mass is 16.5. The van der Waals surface area contributed by atoms with Crippen molar-refractivity contribution >= 4 is 12.3 Å². The first-order chi connectivity index (χ1) is 8.27. The predicted octanol–water partition coefficient (Wildman–Crippen LogP) is 2.98. The normalized spacial score (nSPS) is 21.5. The smallest absolute Gasteiger partial charge is 0.331 e. The quantitative estimate of drug-likeness (QED) is 0.334. The topological polar surface area (TPSA) is 43.4 Å². The molecule has 0 aromatic carbocycles. The maximum Gasteiger partial charge on any atom is 0.331 e. The average Bonchev–Trinajstić information content (AvgIpc) is 2.23. The maximum absolute atomic E-state index is 11.6. The molecule has 0 amide bonds. The highest BCUT2D eigenvalue weighted by molar-refractivity contribution is 5.85. The summed E-state index contributed by atoms with van der Waals surface area (Å²) in [5, 5.41) is 0. The van der Waals surface area contributed by atoms with E-state index in [1.807, 2.05) is 40.7 Å². The standard InChI is InChI=1S/C15H20O3/c1-10(2)8-14(17)18-13-6-7-15(4,5)11(3)12(13)9-16/h6-9,13H,1-5H3. The fourth-order valence-electron chi connectivity index (χ4n) is 1.80. The van der Waals surface area contributed by atoms with Gasteiger partial charge in [-0.3, -0.25) is 4.79 Å². The van der Waals surface area contributed by atoms with Crippen molar-refractivity contribution in [1.82, 2.24) is 0 Å². The van der Waals surface area contributed by atoms with Gasteiger partial charge in [0.2, 0.25) is 0 Å². The molecule has 3 heteroatoms. The molecule has 1 aliphatic rings. The number of carbonyl (C=O) groups is 2. The summed E-state index contributed by atoms with van der Waals surface area (Å²) >= 11 is 0. The van der Waals surface area contributed by atoms with Crippen molar-refractivity contribution in [3.8, 4) is 0 Å². The second kappa shape index (κ2) is 5.34. The monoisotopic (exact) mass is 248 g/mol. The van der Waals surface area contributed by atoms with Crippen LogP contribution in [0.2, 0.25) is 0 Å². The number of hydrogen-bond donors (Lipinski definition) is 0. The van der Waals surface area contributed by atoms with Gasteiger partial charge in [-0.1, -0.05) is 31.1 Å². The van der Waals surface area contributed by atoms with Gasteiger partial charge in [-0.2, -0.15) is 0 Å². The second-order valence-corrected chi connectivity index (χ2v) is 5.36. The molecular formula is C15H20O3. The van der Waals surface area contributed by atoms with Crippen LogP contribution in [-0.2, 0) is 14.3 Å². The molecular weight excluding hydrogens is 228 g/mol. The van der Waals surface area contributed by atoms with Crippen molar-refractivity contribution in [3.63, 3.8) is 0 Å². The summed E-state index contributed by atoms with van der Waals surface area (Å²) < 4.78 is 5.28. The number of ether oxygens (including phenoxy) is 1. The molecule has 0 heterocycles. The molecule has 0 aromatic rings. The molecule has 0 aliphatic heterocycles. The average molecular weight is 248 g/mol. The van der Waals surface area contributed by atoms with Crippen LogP contribution in [0, 0.1) is 5.41 Å². The number of aldehydes is 1. The molecule has 0 N–H and O–H groups in total. The van der Waals surface area contributed by atoms with E-state index in [4.69, 9.17) is 4.74 Å². The number of esters is 1. The maximum atomic E-state index is 11.6. The Balaban J connectivity index is 2.96. The summed E-state index contributed by atoms with van der Waals surface area (Å²) in [6.07, 6.45) is 5.37. The van der Waals surface area contributed by atoms with Crippen LogP contribution in [-0.4, -0.2) is 18.4 Å². The summed E-state index contributed by atoms with van der Waals surface area (Å²) in [5.74, 6) is -0.420. The van der Waals surface area contributed by atoms with Gasteiger partial charge in [-0.05, 0) is 26.8 Å². The van der Waals surface area contributed by atoms with Crippen molar-refractivity contribution < 1.29 is 14.3 Å². The van der Waals surface area contributed by atoms with Crippen LogP contribution in [0.1, 0.15) is 34.6 Å². The van der Waals surface area contributed by atoms with Crippen molar-refractivity contribution in [2.75, 3.05) is 0 Å². The molecule has 0 radical (unpaired) electrons. The van der Waals surface area contributed by atoms with Gasteiger partial charge >= 0.3 is 5.97 Å². The molecule has 0 fully saturated rings. The zero-order valence-corrected chi connectivity index (χ0v) is 11.6. The third kappa shape index (κ3) is 3.19. The Morgan fingerprint density at radius 2 is 2.00 bits per heavy atom. The summed E-state index contributed by atoms with van der Waals surface area (Å²) in [6.45, 7) is 9.59. The van der Waals surface area contributed by atoms with Crippen LogP contribution in [0.4, 0.5) is 0 Å². The van der Waals surface area contributed by atoms with Gasteiger partial charge in [0.05, 0.1) is 0 Å². The van der Waals surface area contributed by atoms with Crippen molar-refractivity contribution in [2.24, 2.45) is 5.41 Å². The second-order valence-electron chi connectivity index (χ2n) is 5.36. The molecule has 0 spiro atoms. The minimum atomic E-state index is -0.571. The Bertz CT molecular complexity index is 446. The van der Waals surface area contributed by atoms with Crippen LogP contribution in [0.25, 0.3) is 0 Å². The Morgan fingerprint density at radius 1 is 1.39 bits per heavy atom. The van der Waals surface area contributed by atoms with Gasteiger partial charge in [0.1, 0.15) is 12.4 Å². The number of rotatable bonds is 3. The summed E-state index contributed by atoms with van der Waals surface area (Å²) in [6, 6.07) is 0. The fraction of sp³-hybridized carbons (Fsp3) is 0.467. The van der Waals surface area contributed by atoms with Crippen LogP contribution in [0.15, 0.2) is 34.9 Å². The SMILES string of the molecule is CC(C)=CC(=O)OC1C=CC(C)(C)C(C)=C1C=O. The third-order valence-electron chi connectivity index (χ3n) is 3.17. The van der Waals surface area contributed by atoms with Crippen molar-refractivity contribution in [3.05, 3.63) is 34.9 Å². The van der Waals surface area contributed by atoms with Gasteiger partial charge in [-0.25, -0.2) is 4.79 Å². The van der Waals surface area contributed by atoms with Gasteiger partial charge in [0, 0.05) is 17.1 Å². The minimum absolute atomic E-state index is 0.171. The first-order valence-corrected chi connectivity index (χ1v) is 5.99. The van der Waals surface area contributed by atoms with Gasteiger partial charge in [0.15, 0.2) is 0 Å². The molecule has 98 valence electrons. The van der Waals surface area contributed by atoms with E-state index in [9.17, 15) is 9.59 Å². The Kier molecular flexibility index (Phi) is 4.28. The highest BCUT2D eigenvalue weighted by Gasteiger charge is 2.29. The van der Waals surface area contributed by atoms with E-state index in [1.54, 1.807) is 6.08 Å². The largest absolute Gasteiger partial charge is 0.450 e. The van der Waals surface area contributed by atoms with Gasteiger partial charge < -0.3 is 4.74 Å². The zero-order chi connectivity index (χ0) is 13.9. The Morgan fingerprint density at radius 3 is 2.50 bits per heavy atom. The van der Waals surface area contributed by atoms with Crippen LogP contribution in [0.5, 0.6) is 0 Å². The Hall–Kier alpha value is -1.64. The van der Waals surface area contributed by atoms with Crippen LogP contribution < -0.4 is 0 Å².